The number of nitrogens with zero attached hydrogens (tertiary/aromatic N) is 3. The first kappa shape index (κ1) is 18.9. The van der Waals surface area contributed by atoms with Crippen LogP contribution in [0.4, 0.5) is 4.79 Å². The van der Waals surface area contributed by atoms with Gasteiger partial charge in [-0.3, -0.25) is 4.79 Å². The smallest absolute Gasteiger partial charge is 0.409 e. The zero-order valence-electron chi connectivity index (χ0n) is 15.6. The molecular weight excluding hydrogens is 344 g/mol. The Morgan fingerprint density at radius 1 is 1.22 bits per heavy atom. The summed E-state index contributed by atoms with van der Waals surface area (Å²) >= 11 is 0. The fourth-order valence-electron chi connectivity index (χ4n) is 3.25. The number of likely N-dealkylation sites (tertiary alicyclic amines) is 1. The maximum atomic E-state index is 12.3. The van der Waals surface area contributed by atoms with Crippen LogP contribution in [0.3, 0.4) is 0 Å². The second-order valence-electron chi connectivity index (χ2n) is 6.62. The molecule has 2 heterocycles. The Morgan fingerprint density at radius 2 is 1.96 bits per heavy atom. The van der Waals surface area contributed by atoms with Crippen LogP contribution in [0.2, 0.25) is 0 Å². The van der Waals surface area contributed by atoms with Gasteiger partial charge in [-0.15, -0.1) is 0 Å². The first-order valence-corrected chi connectivity index (χ1v) is 9.45. The van der Waals surface area contributed by atoms with Gasteiger partial charge in [0.1, 0.15) is 0 Å². The summed E-state index contributed by atoms with van der Waals surface area (Å²) in [7, 11) is 0. The van der Waals surface area contributed by atoms with Gasteiger partial charge in [-0.1, -0.05) is 12.1 Å². The lowest BCUT2D eigenvalue weighted by Gasteiger charge is -2.30. The van der Waals surface area contributed by atoms with Crippen molar-refractivity contribution in [2.45, 2.75) is 26.2 Å². The summed E-state index contributed by atoms with van der Waals surface area (Å²) in [5.74, 6) is 0.0459. The average molecular weight is 370 g/mol. The van der Waals surface area contributed by atoms with Crippen molar-refractivity contribution in [3.63, 3.8) is 0 Å². The molecule has 1 saturated heterocycles. The predicted octanol–water partition coefficient (Wildman–Crippen LogP) is 2.40. The van der Waals surface area contributed by atoms with Crippen molar-refractivity contribution in [2.24, 2.45) is 5.92 Å². The number of hydrogen-bond donors (Lipinski definition) is 1. The number of carbonyl (C=O) groups excluding carboxylic acids is 2. The Balaban J connectivity index is 1.39. The number of carbonyl (C=O) groups is 2. The van der Waals surface area contributed by atoms with E-state index in [2.05, 4.69) is 22.5 Å². The molecular formula is C20H26N4O3. The molecule has 0 atom stereocenters. The highest BCUT2D eigenvalue weighted by molar-refractivity contribution is 5.79. The number of amides is 2. The van der Waals surface area contributed by atoms with E-state index < -0.39 is 0 Å². The van der Waals surface area contributed by atoms with Crippen molar-refractivity contribution < 1.29 is 14.3 Å². The highest BCUT2D eigenvalue weighted by Crippen LogP contribution is 2.18. The molecule has 3 rings (SSSR count). The SMILES string of the molecule is CCOC(=O)N1CCC(C(=O)NCCc2ccc(-n3cccn3)cc2)CC1. The molecule has 0 aliphatic carbocycles. The van der Waals surface area contributed by atoms with Gasteiger partial charge in [0, 0.05) is 37.9 Å². The van der Waals surface area contributed by atoms with Gasteiger partial charge in [0.05, 0.1) is 12.3 Å². The van der Waals surface area contributed by atoms with E-state index in [0.717, 1.165) is 12.1 Å². The minimum Gasteiger partial charge on any atom is -0.450 e. The van der Waals surface area contributed by atoms with Gasteiger partial charge in [0.15, 0.2) is 0 Å². The monoisotopic (exact) mass is 370 g/mol. The molecule has 1 aromatic heterocycles. The Kier molecular flexibility index (Phi) is 6.46. The maximum Gasteiger partial charge on any atom is 0.409 e. The number of rotatable bonds is 6. The lowest BCUT2D eigenvalue weighted by Crippen LogP contribution is -2.43. The quantitative estimate of drug-likeness (QED) is 0.847. The normalized spacial score (nSPS) is 14.8. The number of nitrogens with one attached hydrogen (secondary N) is 1. The van der Waals surface area contributed by atoms with Crippen LogP contribution in [-0.4, -0.2) is 52.9 Å². The summed E-state index contributed by atoms with van der Waals surface area (Å²) in [5.41, 5.74) is 2.18. The van der Waals surface area contributed by atoms with Crippen LogP contribution in [0.15, 0.2) is 42.7 Å². The minimum absolute atomic E-state index is 0.0298. The van der Waals surface area contributed by atoms with E-state index in [-0.39, 0.29) is 17.9 Å². The predicted molar refractivity (Wildman–Crippen MR) is 102 cm³/mol. The van der Waals surface area contributed by atoms with Crippen LogP contribution in [-0.2, 0) is 16.0 Å². The molecule has 0 unspecified atom stereocenters. The van der Waals surface area contributed by atoms with Gasteiger partial charge in [-0.25, -0.2) is 9.48 Å². The first-order valence-electron chi connectivity index (χ1n) is 9.45. The summed E-state index contributed by atoms with van der Waals surface area (Å²) < 4.78 is 6.82. The third-order valence-electron chi connectivity index (χ3n) is 4.81. The van der Waals surface area contributed by atoms with Crippen molar-refractivity contribution in [3.8, 4) is 5.69 Å². The largest absolute Gasteiger partial charge is 0.450 e. The third-order valence-corrected chi connectivity index (χ3v) is 4.81. The van der Waals surface area contributed by atoms with Gasteiger partial charge in [0.2, 0.25) is 5.91 Å². The molecule has 0 saturated carbocycles. The van der Waals surface area contributed by atoms with Gasteiger partial charge in [-0.05, 0) is 49.9 Å². The number of benzene rings is 1. The fourth-order valence-corrected chi connectivity index (χ4v) is 3.25. The second-order valence-corrected chi connectivity index (χ2v) is 6.62. The lowest BCUT2D eigenvalue weighted by molar-refractivity contribution is -0.126. The molecule has 144 valence electrons. The minimum atomic E-state index is -0.282. The van der Waals surface area contributed by atoms with E-state index in [1.807, 2.05) is 29.1 Å². The van der Waals surface area contributed by atoms with Crippen molar-refractivity contribution in [3.05, 3.63) is 48.3 Å². The van der Waals surface area contributed by atoms with Crippen molar-refractivity contribution in [1.82, 2.24) is 20.0 Å². The zero-order valence-corrected chi connectivity index (χ0v) is 15.6. The highest BCUT2D eigenvalue weighted by atomic mass is 16.6. The van der Waals surface area contributed by atoms with Crippen LogP contribution in [0, 0.1) is 5.92 Å². The van der Waals surface area contributed by atoms with Crippen LogP contribution in [0.25, 0.3) is 5.69 Å². The summed E-state index contributed by atoms with van der Waals surface area (Å²) in [6.45, 7) is 3.93. The molecule has 7 nitrogen and oxygen atoms in total. The number of hydrogen-bond acceptors (Lipinski definition) is 4. The van der Waals surface area contributed by atoms with E-state index in [9.17, 15) is 9.59 Å². The molecule has 27 heavy (non-hydrogen) atoms. The Labute approximate surface area is 159 Å². The third kappa shape index (κ3) is 5.09. The van der Waals surface area contributed by atoms with Crippen molar-refractivity contribution in [1.29, 1.82) is 0 Å². The van der Waals surface area contributed by atoms with Crippen LogP contribution < -0.4 is 5.32 Å². The van der Waals surface area contributed by atoms with Gasteiger partial charge in [-0.2, -0.15) is 5.10 Å². The van der Waals surface area contributed by atoms with E-state index in [1.165, 1.54) is 5.56 Å². The molecule has 0 radical (unpaired) electrons. The molecule has 1 aliphatic rings. The van der Waals surface area contributed by atoms with Gasteiger partial charge < -0.3 is 15.0 Å². The molecule has 0 spiro atoms. The van der Waals surface area contributed by atoms with E-state index in [1.54, 1.807) is 18.0 Å². The second kappa shape index (κ2) is 9.21. The van der Waals surface area contributed by atoms with Crippen LogP contribution >= 0.6 is 0 Å². The van der Waals surface area contributed by atoms with Crippen LogP contribution in [0.5, 0.6) is 0 Å². The molecule has 2 aromatic rings. The summed E-state index contributed by atoms with van der Waals surface area (Å²) in [6, 6.07) is 10.0. The van der Waals surface area contributed by atoms with E-state index in [0.29, 0.717) is 39.1 Å². The lowest BCUT2D eigenvalue weighted by atomic mass is 9.96. The van der Waals surface area contributed by atoms with E-state index >= 15 is 0 Å². The number of piperidine rings is 1. The topological polar surface area (TPSA) is 76.5 Å². The molecule has 1 fully saturated rings. The summed E-state index contributed by atoms with van der Waals surface area (Å²) in [6.07, 6.45) is 5.53. The summed E-state index contributed by atoms with van der Waals surface area (Å²) in [4.78, 5) is 25.7. The molecule has 1 aromatic carbocycles. The fraction of sp³-hybridized carbons (Fsp3) is 0.450. The average Bonchev–Trinajstić information content (AvgIpc) is 3.23. The maximum absolute atomic E-state index is 12.3. The van der Waals surface area contributed by atoms with Gasteiger partial charge >= 0.3 is 6.09 Å². The van der Waals surface area contributed by atoms with Crippen LogP contribution in [0.1, 0.15) is 25.3 Å². The Morgan fingerprint density at radius 3 is 2.59 bits per heavy atom. The first-order chi connectivity index (χ1) is 13.2. The standard InChI is InChI=1S/C20H26N4O3/c1-2-27-20(26)23-14-9-17(10-15-23)19(25)21-12-8-16-4-6-18(7-5-16)24-13-3-11-22-24/h3-7,11,13,17H,2,8-10,12,14-15H2,1H3,(H,21,25). The zero-order chi connectivity index (χ0) is 19.1. The van der Waals surface area contributed by atoms with Crippen molar-refractivity contribution in [2.75, 3.05) is 26.2 Å². The molecule has 0 bridgehead atoms. The van der Waals surface area contributed by atoms with E-state index in [4.69, 9.17) is 4.74 Å². The Hall–Kier alpha value is -2.83. The molecule has 1 N–H and O–H groups in total. The number of aromatic nitrogens is 2. The summed E-state index contributed by atoms with van der Waals surface area (Å²) in [5, 5.41) is 7.23. The Bertz CT molecular complexity index is 735. The molecule has 2 amide bonds. The highest BCUT2D eigenvalue weighted by Gasteiger charge is 2.27. The molecule has 1 aliphatic heterocycles. The van der Waals surface area contributed by atoms with Crippen molar-refractivity contribution >= 4 is 12.0 Å². The van der Waals surface area contributed by atoms with Gasteiger partial charge in [0.25, 0.3) is 0 Å². The number of ether oxygens (including phenoxy) is 1. The molecule has 7 heteroatoms.